The molecule has 0 amide bonds. The van der Waals surface area contributed by atoms with E-state index in [0.717, 1.165) is 36.7 Å². The van der Waals surface area contributed by atoms with Crippen molar-refractivity contribution in [2.24, 2.45) is 0 Å². The van der Waals surface area contributed by atoms with Crippen LogP contribution in [-0.2, 0) is 11.3 Å². The van der Waals surface area contributed by atoms with Crippen molar-refractivity contribution in [2.75, 3.05) is 7.05 Å². The van der Waals surface area contributed by atoms with Crippen LogP contribution >= 0.6 is 15.9 Å². The van der Waals surface area contributed by atoms with Crippen molar-refractivity contribution in [1.29, 1.82) is 0 Å². The summed E-state index contributed by atoms with van der Waals surface area (Å²) in [5, 5.41) is 0. The first kappa shape index (κ1) is 12.7. The van der Waals surface area contributed by atoms with Gasteiger partial charge in [-0.2, -0.15) is 0 Å². The third kappa shape index (κ3) is 3.61. The maximum Gasteiger partial charge on any atom is 0.133 e. The molecule has 0 aromatic carbocycles. The summed E-state index contributed by atoms with van der Waals surface area (Å²) in [6, 6.07) is 2.63. The predicted octanol–water partition coefficient (Wildman–Crippen LogP) is 2.79. The molecule has 1 aliphatic carbocycles. The Morgan fingerprint density at radius 3 is 2.76 bits per heavy atom. The minimum absolute atomic E-state index is 0.416. The number of nitrogens with zero attached hydrogens (tertiary/aromatic N) is 2. The molecule has 3 nitrogen and oxygen atoms in total. The lowest BCUT2D eigenvalue weighted by atomic mass is 9.93. The van der Waals surface area contributed by atoms with Crippen LogP contribution in [0.3, 0.4) is 0 Å². The van der Waals surface area contributed by atoms with E-state index in [1.165, 1.54) is 5.56 Å². The maximum absolute atomic E-state index is 11.2. The Labute approximate surface area is 110 Å². The lowest BCUT2D eigenvalue weighted by molar-refractivity contribution is -0.121. The molecule has 0 aliphatic heterocycles. The second-order valence-corrected chi connectivity index (χ2v) is 5.61. The van der Waals surface area contributed by atoms with Crippen LogP contribution in [0.2, 0.25) is 0 Å². The summed E-state index contributed by atoms with van der Waals surface area (Å²) in [5.74, 6) is 0.416. The van der Waals surface area contributed by atoms with Crippen LogP contribution in [0.25, 0.3) is 0 Å². The predicted molar refractivity (Wildman–Crippen MR) is 70.7 cm³/mol. The fourth-order valence-electron chi connectivity index (χ4n) is 2.32. The van der Waals surface area contributed by atoms with Gasteiger partial charge >= 0.3 is 0 Å². The topological polar surface area (TPSA) is 33.2 Å². The van der Waals surface area contributed by atoms with Crippen LogP contribution in [0, 0.1) is 0 Å². The number of aromatic nitrogens is 1. The first-order valence-corrected chi connectivity index (χ1v) is 6.76. The Balaban J connectivity index is 1.92. The highest BCUT2D eigenvalue weighted by Crippen LogP contribution is 2.21. The molecule has 0 spiro atoms. The lowest BCUT2D eigenvalue weighted by Gasteiger charge is -2.30. The van der Waals surface area contributed by atoms with Gasteiger partial charge in [0.25, 0.3) is 0 Å². The molecule has 0 radical (unpaired) electrons. The molecule has 1 heterocycles. The van der Waals surface area contributed by atoms with Crippen LogP contribution in [-0.4, -0.2) is 28.8 Å². The first-order chi connectivity index (χ1) is 8.15. The van der Waals surface area contributed by atoms with Crippen molar-refractivity contribution in [3.8, 4) is 0 Å². The zero-order valence-electron chi connectivity index (χ0n) is 10.0. The van der Waals surface area contributed by atoms with Crippen LogP contribution in [0.15, 0.2) is 22.9 Å². The van der Waals surface area contributed by atoms with Gasteiger partial charge in [-0.15, -0.1) is 0 Å². The monoisotopic (exact) mass is 296 g/mol. The van der Waals surface area contributed by atoms with Crippen LogP contribution in [0.4, 0.5) is 0 Å². The van der Waals surface area contributed by atoms with Gasteiger partial charge in [0.15, 0.2) is 0 Å². The standard InChI is InChI=1S/C13H17BrN2O/c1-16(12-2-4-13(17)5-3-12)9-10-6-11(14)8-15-7-10/h6-8,12H,2-5,9H2,1H3. The smallest absolute Gasteiger partial charge is 0.133 e. The Morgan fingerprint density at radius 2 is 2.12 bits per heavy atom. The van der Waals surface area contributed by atoms with E-state index >= 15 is 0 Å². The Morgan fingerprint density at radius 1 is 1.41 bits per heavy atom. The van der Waals surface area contributed by atoms with Crippen molar-refractivity contribution < 1.29 is 4.79 Å². The van der Waals surface area contributed by atoms with Gasteiger partial charge in [-0.05, 0) is 47.4 Å². The summed E-state index contributed by atoms with van der Waals surface area (Å²) >= 11 is 3.43. The number of carbonyl (C=O) groups excluding carboxylic acids is 1. The molecule has 2 rings (SSSR count). The molecule has 0 saturated heterocycles. The highest BCUT2D eigenvalue weighted by atomic mass is 79.9. The number of hydrogen-bond donors (Lipinski definition) is 0. The summed E-state index contributed by atoms with van der Waals surface area (Å²) in [5.41, 5.74) is 1.21. The zero-order chi connectivity index (χ0) is 12.3. The summed E-state index contributed by atoms with van der Waals surface area (Å²) in [7, 11) is 2.13. The molecule has 92 valence electrons. The Hall–Kier alpha value is -0.740. The number of carbonyl (C=O) groups is 1. The Kier molecular flexibility index (Phi) is 4.29. The van der Waals surface area contributed by atoms with Crippen molar-refractivity contribution in [2.45, 2.75) is 38.3 Å². The number of pyridine rings is 1. The summed E-state index contributed by atoms with van der Waals surface area (Å²) < 4.78 is 1.02. The van der Waals surface area contributed by atoms with E-state index in [2.05, 4.69) is 38.9 Å². The second kappa shape index (κ2) is 5.74. The van der Waals surface area contributed by atoms with Crippen molar-refractivity contribution in [1.82, 2.24) is 9.88 Å². The van der Waals surface area contributed by atoms with Gasteiger partial charge in [-0.1, -0.05) is 0 Å². The largest absolute Gasteiger partial charge is 0.300 e. The zero-order valence-corrected chi connectivity index (χ0v) is 11.6. The summed E-state index contributed by atoms with van der Waals surface area (Å²) in [6.07, 6.45) is 7.17. The molecule has 0 atom stereocenters. The van der Waals surface area contributed by atoms with Crippen molar-refractivity contribution in [3.05, 3.63) is 28.5 Å². The summed E-state index contributed by atoms with van der Waals surface area (Å²) in [6.45, 7) is 0.894. The Bertz CT molecular complexity index is 398. The maximum atomic E-state index is 11.2. The van der Waals surface area contributed by atoms with E-state index in [4.69, 9.17) is 0 Å². The average molecular weight is 297 g/mol. The SMILES string of the molecule is CN(Cc1cncc(Br)c1)C1CCC(=O)CC1. The van der Waals surface area contributed by atoms with Gasteiger partial charge in [-0.3, -0.25) is 14.7 Å². The average Bonchev–Trinajstić information content (AvgIpc) is 2.29. The fraction of sp³-hybridized carbons (Fsp3) is 0.538. The molecular weight excluding hydrogens is 280 g/mol. The third-order valence-corrected chi connectivity index (χ3v) is 3.76. The van der Waals surface area contributed by atoms with E-state index in [1.807, 2.05) is 6.20 Å². The minimum Gasteiger partial charge on any atom is -0.300 e. The number of ketones is 1. The number of Topliss-reactive ketones (excluding diaryl/α,β-unsaturated/α-hetero) is 1. The van der Waals surface area contributed by atoms with Crippen molar-refractivity contribution >= 4 is 21.7 Å². The van der Waals surface area contributed by atoms with Gasteiger partial charge in [-0.25, -0.2) is 0 Å². The van der Waals surface area contributed by atoms with Gasteiger partial charge in [0.05, 0.1) is 0 Å². The second-order valence-electron chi connectivity index (χ2n) is 4.70. The number of halogens is 1. The molecule has 1 aliphatic rings. The molecule has 0 bridgehead atoms. The minimum atomic E-state index is 0.416. The highest BCUT2D eigenvalue weighted by Gasteiger charge is 2.22. The van der Waals surface area contributed by atoms with E-state index in [0.29, 0.717) is 11.8 Å². The normalized spacial score (nSPS) is 17.7. The van der Waals surface area contributed by atoms with E-state index in [-0.39, 0.29) is 0 Å². The summed E-state index contributed by atoms with van der Waals surface area (Å²) in [4.78, 5) is 17.7. The van der Waals surface area contributed by atoms with E-state index < -0.39 is 0 Å². The third-order valence-electron chi connectivity index (χ3n) is 3.33. The first-order valence-electron chi connectivity index (χ1n) is 5.96. The molecule has 17 heavy (non-hydrogen) atoms. The number of hydrogen-bond acceptors (Lipinski definition) is 3. The molecule has 1 aromatic rings. The van der Waals surface area contributed by atoms with Gasteiger partial charge in [0.1, 0.15) is 5.78 Å². The molecule has 0 N–H and O–H groups in total. The fourth-order valence-corrected chi connectivity index (χ4v) is 2.74. The molecule has 1 saturated carbocycles. The van der Waals surface area contributed by atoms with Crippen LogP contribution in [0.5, 0.6) is 0 Å². The van der Waals surface area contributed by atoms with E-state index in [9.17, 15) is 4.79 Å². The quantitative estimate of drug-likeness (QED) is 0.860. The highest BCUT2D eigenvalue weighted by molar-refractivity contribution is 9.10. The van der Waals surface area contributed by atoms with Crippen molar-refractivity contribution in [3.63, 3.8) is 0 Å². The molecule has 1 fully saturated rings. The van der Waals surface area contributed by atoms with E-state index in [1.54, 1.807) is 6.20 Å². The van der Waals surface area contributed by atoms with Crippen LogP contribution in [0.1, 0.15) is 31.2 Å². The molecule has 4 heteroatoms. The lowest BCUT2D eigenvalue weighted by Crippen LogP contribution is -2.34. The van der Waals surface area contributed by atoms with Gasteiger partial charge in [0, 0.05) is 42.3 Å². The molecule has 1 aromatic heterocycles. The van der Waals surface area contributed by atoms with Gasteiger partial charge < -0.3 is 0 Å². The molecule has 0 unspecified atom stereocenters. The van der Waals surface area contributed by atoms with Crippen LogP contribution < -0.4 is 0 Å². The number of rotatable bonds is 3. The molecular formula is C13H17BrN2O. The van der Waals surface area contributed by atoms with Gasteiger partial charge in [0.2, 0.25) is 0 Å².